The molecule has 1 aromatic rings. The smallest absolute Gasteiger partial charge is 0.147 e. The molecule has 1 atom stereocenters. The standard InChI is InChI=1S/C8H13N3O.C2H6/c1-6(12)8(9-2)3-7-4-10-5-11-7;1-2/h4-5,8-9H,3H2,1-2H3,(H,10,11);1-2H3. The first-order valence-corrected chi connectivity index (χ1v) is 4.89. The number of hydrogen-bond acceptors (Lipinski definition) is 3. The molecular weight excluding hydrogens is 178 g/mol. The van der Waals surface area contributed by atoms with Crippen LogP contribution in [0.3, 0.4) is 0 Å². The van der Waals surface area contributed by atoms with Crippen LogP contribution in [0.4, 0.5) is 0 Å². The minimum Gasteiger partial charge on any atom is -0.348 e. The van der Waals surface area contributed by atoms with Crippen LogP contribution in [0.5, 0.6) is 0 Å². The van der Waals surface area contributed by atoms with E-state index in [-0.39, 0.29) is 11.8 Å². The van der Waals surface area contributed by atoms with E-state index in [9.17, 15) is 4.79 Å². The van der Waals surface area contributed by atoms with E-state index in [1.54, 1.807) is 26.5 Å². The Hall–Kier alpha value is -1.16. The molecule has 0 fully saturated rings. The Kier molecular flexibility index (Phi) is 6.66. The van der Waals surface area contributed by atoms with Gasteiger partial charge in [0.25, 0.3) is 0 Å². The predicted octanol–water partition coefficient (Wildman–Crippen LogP) is 1.16. The highest BCUT2D eigenvalue weighted by Crippen LogP contribution is 1.98. The quantitative estimate of drug-likeness (QED) is 0.761. The molecule has 1 unspecified atom stereocenters. The second-order valence-corrected chi connectivity index (χ2v) is 2.73. The third-order valence-corrected chi connectivity index (χ3v) is 1.82. The number of carbonyl (C=O) groups excluding carboxylic acids is 1. The van der Waals surface area contributed by atoms with Crippen molar-refractivity contribution in [1.82, 2.24) is 15.3 Å². The second-order valence-electron chi connectivity index (χ2n) is 2.73. The molecule has 14 heavy (non-hydrogen) atoms. The molecule has 1 heterocycles. The van der Waals surface area contributed by atoms with Gasteiger partial charge in [-0.1, -0.05) is 13.8 Å². The Labute approximate surface area is 85.1 Å². The molecule has 0 spiro atoms. The van der Waals surface area contributed by atoms with Gasteiger partial charge in [0.1, 0.15) is 5.78 Å². The highest BCUT2D eigenvalue weighted by molar-refractivity contribution is 5.81. The second kappa shape index (κ2) is 7.26. The number of aromatic amines is 1. The average molecular weight is 197 g/mol. The number of imidazole rings is 1. The van der Waals surface area contributed by atoms with Crippen molar-refractivity contribution in [3.8, 4) is 0 Å². The largest absolute Gasteiger partial charge is 0.348 e. The Morgan fingerprint density at radius 3 is 2.64 bits per heavy atom. The maximum atomic E-state index is 11.0. The minimum atomic E-state index is -0.106. The Morgan fingerprint density at radius 2 is 2.29 bits per heavy atom. The molecule has 0 bridgehead atoms. The lowest BCUT2D eigenvalue weighted by molar-refractivity contribution is -0.118. The van der Waals surface area contributed by atoms with Gasteiger partial charge >= 0.3 is 0 Å². The highest BCUT2D eigenvalue weighted by atomic mass is 16.1. The normalized spacial score (nSPS) is 11.4. The van der Waals surface area contributed by atoms with E-state index in [0.29, 0.717) is 6.42 Å². The van der Waals surface area contributed by atoms with Gasteiger partial charge in [0.05, 0.1) is 12.4 Å². The summed E-state index contributed by atoms with van der Waals surface area (Å²) in [5.74, 6) is 0.145. The Morgan fingerprint density at radius 1 is 1.64 bits per heavy atom. The number of rotatable bonds is 4. The first kappa shape index (κ1) is 12.8. The third-order valence-electron chi connectivity index (χ3n) is 1.82. The van der Waals surface area contributed by atoms with Crippen LogP contribution >= 0.6 is 0 Å². The number of Topliss-reactive ketones (excluding diaryl/α,β-unsaturated/α-hetero) is 1. The highest BCUT2D eigenvalue weighted by Gasteiger charge is 2.12. The van der Waals surface area contributed by atoms with Crippen LogP contribution in [0.15, 0.2) is 12.5 Å². The number of hydrogen-bond donors (Lipinski definition) is 2. The summed E-state index contributed by atoms with van der Waals surface area (Å²) in [5, 5.41) is 2.94. The minimum absolute atomic E-state index is 0.106. The molecule has 0 aliphatic rings. The summed E-state index contributed by atoms with van der Waals surface area (Å²) in [4.78, 5) is 17.8. The van der Waals surface area contributed by atoms with Crippen LogP contribution in [0.2, 0.25) is 0 Å². The van der Waals surface area contributed by atoms with E-state index < -0.39 is 0 Å². The number of carbonyl (C=O) groups is 1. The summed E-state index contributed by atoms with van der Waals surface area (Å²) < 4.78 is 0. The van der Waals surface area contributed by atoms with E-state index in [1.165, 1.54) is 0 Å². The molecule has 4 nitrogen and oxygen atoms in total. The lowest BCUT2D eigenvalue weighted by atomic mass is 10.1. The fourth-order valence-corrected chi connectivity index (χ4v) is 1.07. The van der Waals surface area contributed by atoms with Gasteiger partial charge in [-0.25, -0.2) is 4.98 Å². The Balaban J connectivity index is 0.000000791. The van der Waals surface area contributed by atoms with Gasteiger partial charge in [0.15, 0.2) is 0 Å². The summed E-state index contributed by atoms with van der Waals surface area (Å²) in [6.07, 6.45) is 4.02. The molecule has 0 aliphatic carbocycles. The molecule has 4 heteroatoms. The van der Waals surface area contributed by atoms with Crippen molar-refractivity contribution in [3.05, 3.63) is 18.2 Å². The zero-order chi connectivity index (χ0) is 11.0. The molecule has 0 saturated carbocycles. The molecule has 0 saturated heterocycles. The van der Waals surface area contributed by atoms with E-state index >= 15 is 0 Å². The van der Waals surface area contributed by atoms with E-state index in [4.69, 9.17) is 0 Å². The summed E-state index contributed by atoms with van der Waals surface area (Å²) in [7, 11) is 1.78. The number of aromatic nitrogens is 2. The summed E-state index contributed by atoms with van der Waals surface area (Å²) >= 11 is 0. The van der Waals surface area contributed by atoms with E-state index in [1.807, 2.05) is 13.8 Å². The number of nitrogens with one attached hydrogen (secondary N) is 2. The van der Waals surface area contributed by atoms with Crippen molar-refractivity contribution < 1.29 is 4.79 Å². The van der Waals surface area contributed by atoms with Crippen LogP contribution in [0, 0.1) is 0 Å². The van der Waals surface area contributed by atoms with Crippen LogP contribution in [-0.2, 0) is 11.2 Å². The van der Waals surface area contributed by atoms with E-state index in [2.05, 4.69) is 15.3 Å². The fourth-order valence-electron chi connectivity index (χ4n) is 1.07. The number of ketones is 1. The molecule has 2 N–H and O–H groups in total. The van der Waals surface area contributed by atoms with Gasteiger partial charge in [0, 0.05) is 18.3 Å². The van der Waals surface area contributed by atoms with Gasteiger partial charge in [-0.3, -0.25) is 4.79 Å². The first-order valence-electron chi connectivity index (χ1n) is 4.89. The third kappa shape index (κ3) is 4.18. The molecule has 0 amide bonds. The topological polar surface area (TPSA) is 57.8 Å². The van der Waals surface area contributed by atoms with Gasteiger partial charge < -0.3 is 10.3 Å². The fraction of sp³-hybridized carbons (Fsp3) is 0.600. The van der Waals surface area contributed by atoms with Crippen molar-refractivity contribution in [1.29, 1.82) is 0 Å². The van der Waals surface area contributed by atoms with Crippen LogP contribution in [0.25, 0.3) is 0 Å². The van der Waals surface area contributed by atoms with Crippen LogP contribution < -0.4 is 5.32 Å². The molecule has 80 valence electrons. The molecule has 1 rings (SSSR count). The van der Waals surface area contributed by atoms with Crippen LogP contribution in [-0.4, -0.2) is 28.8 Å². The summed E-state index contributed by atoms with van der Waals surface area (Å²) in [6.45, 7) is 5.58. The first-order chi connectivity index (χ1) is 6.74. The molecule has 1 aromatic heterocycles. The summed E-state index contributed by atoms with van der Waals surface area (Å²) in [6, 6.07) is -0.106. The van der Waals surface area contributed by atoms with E-state index in [0.717, 1.165) is 5.69 Å². The Bertz CT molecular complexity index is 244. The maximum absolute atomic E-state index is 11.0. The monoisotopic (exact) mass is 197 g/mol. The maximum Gasteiger partial charge on any atom is 0.147 e. The van der Waals surface area contributed by atoms with Gasteiger partial charge in [-0.05, 0) is 14.0 Å². The van der Waals surface area contributed by atoms with Gasteiger partial charge in [0.2, 0.25) is 0 Å². The van der Waals surface area contributed by atoms with Crippen molar-refractivity contribution in [2.24, 2.45) is 0 Å². The summed E-state index contributed by atoms with van der Waals surface area (Å²) in [5.41, 5.74) is 0.976. The molecule has 0 radical (unpaired) electrons. The molecular formula is C10H19N3O. The number of H-pyrrole nitrogens is 1. The zero-order valence-corrected chi connectivity index (χ0v) is 9.29. The number of likely N-dealkylation sites (N-methyl/N-ethyl adjacent to an activating group) is 1. The van der Waals surface area contributed by atoms with Crippen molar-refractivity contribution >= 4 is 5.78 Å². The number of nitrogens with zero attached hydrogens (tertiary/aromatic N) is 1. The molecule has 0 aromatic carbocycles. The van der Waals surface area contributed by atoms with Crippen LogP contribution in [0.1, 0.15) is 26.5 Å². The predicted molar refractivity (Wildman–Crippen MR) is 57.2 cm³/mol. The lowest BCUT2D eigenvalue weighted by Crippen LogP contribution is -2.34. The van der Waals surface area contributed by atoms with Crippen molar-refractivity contribution in [2.45, 2.75) is 33.2 Å². The lowest BCUT2D eigenvalue weighted by Gasteiger charge is -2.10. The SMILES string of the molecule is CC.CNC(Cc1cnc[nH]1)C(C)=O. The average Bonchev–Trinajstić information content (AvgIpc) is 2.69. The van der Waals surface area contributed by atoms with Crippen molar-refractivity contribution in [3.63, 3.8) is 0 Å². The van der Waals surface area contributed by atoms with Crippen molar-refractivity contribution in [2.75, 3.05) is 7.05 Å². The van der Waals surface area contributed by atoms with Gasteiger partial charge in [-0.2, -0.15) is 0 Å². The zero-order valence-electron chi connectivity index (χ0n) is 9.29. The molecule has 0 aliphatic heterocycles. The van der Waals surface area contributed by atoms with Gasteiger partial charge in [-0.15, -0.1) is 0 Å².